The molecule has 0 spiro atoms. The van der Waals surface area contributed by atoms with Crippen molar-refractivity contribution in [2.75, 3.05) is 17.2 Å². The van der Waals surface area contributed by atoms with Gasteiger partial charge in [0.2, 0.25) is 10.0 Å². The summed E-state index contributed by atoms with van der Waals surface area (Å²) >= 11 is 0. The standard InChI is InChI=1S/C21H27FN2O4S/c1-4-7-16(2)23-21(25)15-28-19-12-10-18(11-13-19)24(29(3,26)27)14-17-8-5-6-9-20(17)22/h5-6,8-13,16H,4,7,14-15H2,1-3H3,(H,23,25). The lowest BCUT2D eigenvalue weighted by Crippen LogP contribution is -2.35. The molecule has 0 heterocycles. The molecule has 0 saturated heterocycles. The number of hydrogen-bond donors (Lipinski definition) is 1. The molecular weight excluding hydrogens is 395 g/mol. The number of amides is 1. The molecule has 0 radical (unpaired) electrons. The number of halogens is 1. The van der Waals surface area contributed by atoms with Crippen LogP contribution in [0.4, 0.5) is 10.1 Å². The fraction of sp³-hybridized carbons (Fsp3) is 0.381. The summed E-state index contributed by atoms with van der Waals surface area (Å²) in [5.74, 6) is -0.247. The molecule has 6 nitrogen and oxygen atoms in total. The lowest BCUT2D eigenvalue weighted by atomic mass is 10.2. The number of ether oxygens (including phenoxy) is 1. The number of nitrogens with zero attached hydrogens (tertiary/aromatic N) is 1. The fourth-order valence-electron chi connectivity index (χ4n) is 2.86. The SMILES string of the molecule is CCCC(C)NC(=O)COc1ccc(N(Cc2ccccc2F)S(C)(=O)=O)cc1. The Morgan fingerprint density at radius 3 is 2.41 bits per heavy atom. The van der Waals surface area contributed by atoms with E-state index in [0.717, 1.165) is 23.4 Å². The first-order chi connectivity index (χ1) is 13.7. The van der Waals surface area contributed by atoms with E-state index in [1.165, 1.54) is 6.07 Å². The van der Waals surface area contributed by atoms with E-state index in [4.69, 9.17) is 4.74 Å². The van der Waals surface area contributed by atoms with E-state index in [1.807, 2.05) is 13.8 Å². The molecule has 0 fully saturated rings. The molecule has 29 heavy (non-hydrogen) atoms. The van der Waals surface area contributed by atoms with E-state index in [-0.39, 0.29) is 30.7 Å². The first kappa shape index (κ1) is 22.7. The Labute approximate surface area is 171 Å². The molecule has 2 aromatic rings. The van der Waals surface area contributed by atoms with E-state index >= 15 is 0 Å². The predicted molar refractivity (Wildman–Crippen MR) is 112 cm³/mol. The van der Waals surface area contributed by atoms with Crippen molar-refractivity contribution < 1.29 is 22.3 Å². The average molecular weight is 423 g/mol. The van der Waals surface area contributed by atoms with Crippen molar-refractivity contribution in [1.82, 2.24) is 5.32 Å². The second-order valence-corrected chi connectivity index (χ2v) is 8.81. The Hall–Kier alpha value is -2.61. The van der Waals surface area contributed by atoms with Gasteiger partial charge in [-0.2, -0.15) is 0 Å². The highest BCUT2D eigenvalue weighted by molar-refractivity contribution is 7.92. The maximum atomic E-state index is 14.0. The zero-order chi connectivity index (χ0) is 21.4. The Kier molecular flexibility index (Phi) is 8.01. The number of sulfonamides is 1. The highest BCUT2D eigenvalue weighted by Crippen LogP contribution is 2.24. The number of rotatable bonds is 10. The lowest BCUT2D eigenvalue weighted by Gasteiger charge is -2.23. The van der Waals surface area contributed by atoms with Crippen LogP contribution in [0, 0.1) is 5.82 Å². The smallest absolute Gasteiger partial charge is 0.258 e. The van der Waals surface area contributed by atoms with E-state index in [0.29, 0.717) is 11.4 Å². The van der Waals surface area contributed by atoms with Crippen LogP contribution in [0.5, 0.6) is 5.75 Å². The molecule has 1 atom stereocenters. The van der Waals surface area contributed by atoms with Gasteiger partial charge >= 0.3 is 0 Å². The maximum absolute atomic E-state index is 14.0. The Balaban J connectivity index is 2.06. The molecule has 8 heteroatoms. The van der Waals surface area contributed by atoms with Gasteiger partial charge in [0.05, 0.1) is 18.5 Å². The van der Waals surface area contributed by atoms with Crippen LogP contribution in [0.25, 0.3) is 0 Å². The second kappa shape index (κ2) is 10.2. The van der Waals surface area contributed by atoms with Gasteiger partial charge in [-0.05, 0) is 43.7 Å². The van der Waals surface area contributed by atoms with Crippen LogP contribution in [0.3, 0.4) is 0 Å². The van der Waals surface area contributed by atoms with Gasteiger partial charge in [-0.25, -0.2) is 12.8 Å². The van der Waals surface area contributed by atoms with Crippen LogP contribution in [0.15, 0.2) is 48.5 Å². The zero-order valence-corrected chi connectivity index (χ0v) is 17.7. The molecule has 0 aliphatic rings. The van der Waals surface area contributed by atoms with E-state index in [2.05, 4.69) is 5.32 Å². The molecule has 158 valence electrons. The minimum absolute atomic E-state index is 0.0835. The molecule has 1 N–H and O–H groups in total. The van der Waals surface area contributed by atoms with Crippen LogP contribution < -0.4 is 14.4 Å². The number of carbonyl (C=O) groups is 1. The third-order valence-corrected chi connectivity index (χ3v) is 5.44. The summed E-state index contributed by atoms with van der Waals surface area (Å²) in [5.41, 5.74) is 0.653. The quantitative estimate of drug-likeness (QED) is 0.636. The molecule has 0 aromatic heterocycles. The van der Waals surface area contributed by atoms with Gasteiger partial charge in [-0.1, -0.05) is 31.5 Å². The largest absolute Gasteiger partial charge is 0.484 e. The number of hydrogen-bond acceptors (Lipinski definition) is 4. The monoisotopic (exact) mass is 422 g/mol. The van der Waals surface area contributed by atoms with Crippen molar-refractivity contribution in [3.8, 4) is 5.75 Å². The van der Waals surface area contributed by atoms with E-state index in [9.17, 15) is 17.6 Å². The summed E-state index contributed by atoms with van der Waals surface area (Å²) in [6.07, 6.45) is 2.94. The molecule has 0 aliphatic heterocycles. The number of anilines is 1. The number of nitrogens with one attached hydrogen (secondary N) is 1. The third kappa shape index (κ3) is 7.05. The van der Waals surface area contributed by atoms with Crippen LogP contribution in [0.1, 0.15) is 32.3 Å². The van der Waals surface area contributed by atoms with Crippen molar-refractivity contribution in [3.05, 3.63) is 59.9 Å². The lowest BCUT2D eigenvalue weighted by molar-refractivity contribution is -0.123. The Morgan fingerprint density at radius 1 is 1.17 bits per heavy atom. The van der Waals surface area contributed by atoms with Gasteiger partial charge in [0.25, 0.3) is 5.91 Å². The minimum Gasteiger partial charge on any atom is -0.484 e. The molecule has 2 rings (SSSR count). The summed E-state index contributed by atoms with van der Waals surface area (Å²) in [5, 5.41) is 2.85. The van der Waals surface area contributed by atoms with Gasteiger partial charge < -0.3 is 10.1 Å². The van der Waals surface area contributed by atoms with E-state index in [1.54, 1.807) is 42.5 Å². The van der Waals surface area contributed by atoms with Crippen molar-refractivity contribution in [3.63, 3.8) is 0 Å². The van der Waals surface area contributed by atoms with Crippen molar-refractivity contribution >= 4 is 21.6 Å². The minimum atomic E-state index is -3.63. The highest BCUT2D eigenvalue weighted by atomic mass is 32.2. The predicted octanol–water partition coefficient (Wildman–Crippen LogP) is 3.48. The van der Waals surface area contributed by atoms with Gasteiger partial charge in [0.1, 0.15) is 11.6 Å². The third-order valence-electron chi connectivity index (χ3n) is 4.30. The van der Waals surface area contributed by atoms with Crippen LogP contribution >= 0.6 is 0 Å². The van der Waals surface area contributed by atoms with Crippen molar-refractivity contribution in [2.45, 2.75) is 39.3 Å². The van der Waals surface area contributed by atoms with Crippen LogP contribution in [-0.2, 0) is 21.4 Å². The zero-order valence-electron chi connectivity index (χ0n) is 16.9. The Morgan fingerprint density at radius 2 is 1.83 bits per heavy atom. The molecule has 0 saturated carbocycles. The van der Waals surface area contributed by atoms with Crippen molar-refractivity contribution in [2.24, 2.45) is 0 Å². The summed E-state index contributed by atoms with van der Waals surface area (Å²) in [7, 11) is -3.63. The summed E-state index contributed by atoms with van der Waals surface area (Å²) in [6.45, 7) is 3.74. The first-order valence-corrected chi connectivity index (χ1v) is 11.3. The van der Waals surface area contributed by atoms with E-state index < -0.39 is 15.8 Å². The Bertz CT molecular complexity index is 917. The average Bonchev–Trinajstić information content (AvgIpc) is 2.65. The number of benzene rings is 2. The van der Waals surface area contributed by atoms with Gasteiger partial charge in [0, 0.05) is 11.6 Å². The maximum Gasteiger partial charge on any atom is 0.258 e. The first-order valence-electron chi connectivity index (χ1n) is 9.44. The molecule has 0 bridgehead atoms. The molecular formula is C21H27FN2O4S. The van der Waals surface area contributed by atoms with Gasteiger partial charge in [0.15, 0.2) is 6.61 Å². The van der Waals surface area contributed by atoms with Gasteiger partial charge in [-0.15, -0.1) is 0 Å². The number of carbonyl (C=O) groups excluding carboxylic acids is 1. The van der Waals surface area contributed by atoms with Crippen molar-refractivity contribution in [1.29, 1.82) is 0 Å². The second-order valence-electron chi connectivity index (χ2n) is 6.90. The normalized spacial score (nSPS) is 12.3. The fourth-order valence-corrected chi connectivity index (χ4v) is 3.74. The summed E-state index contributed by atoms with van der Waals surface area (Å²) < 4.78 is 45.0. The van der Waals surface area contributed by atoms with Crippen LogP contribution in [0.2, 0.25) is 0 Å². The summed E-state index contributed by atoms with van der Waals surface area (Å²) in [6, 6.07) is 12.4. The molecule has 1 amide bonds. The van der Waals surface area contributed by atoms with Gasteiger partial charge in [-0.3, -0.25) is 9.10 Å². The highest BCUT2D eigenvalue weighted by Gasteiger charge is 2.19. The topological polar surface area (TPSA) is 75.7 Å². The molecule has 0 aliphatic carbocycles. The summed E-state index contributed by atoms with van der Waals surface area (Å²) in [4.78, 5) is 11.9. The molecule has 1 unspecified atom stereocenters. The van der Waals surface area contributed by atoms with Crippen LogP contribution in [-0.4, -0.2) is 33.2 Å². The molecule has 2 aromatic carbocycles.